The van der Waals surface area contributed by atoms with Gasteiger partial charge < -0.3 is 14.2 Å². The predicted octanol–water partition coefficient (Wildman–Crippen LogP) is 6.94. The van der Waals surface area contributed by atoms with Gasteiger partial charge >= 0.3 is 5.97 Å². The molecule has 0 saturated heterocycles. The molecular weight excluding hydrogens is 608 g/mol. The predicted molar refractivity (Wildman–Crippen MR) is 179 cm³/mol. The van der Waals surface area contributed by atoms with E-state index in [1.54, 1.807) is 18.6 Å². The molecule has 45 heavy (non-hydrogen) atoms. The van der Waals surface area contributed by atoms with Gasteiger partial charge in [0.15, 0.2) is 16.3 Å². The Morgan fingerprint density at radius 3 is 2.42 bits per heavy atom. The van der Waals surface area contributed by atoms with Crippen molar-refractivity contribution in [3.63, 3.8) is 0 Å². The van der Waals surface area contributed by atoms with Crippen LogP contribution in [0, 0.1) is 0 Å². The first-order chi connectivity index (χ1) is 21.7. The van der Waals surface area contributed by atoms with E-state index in [2.05, 4.69) is 26.0 Å². The first-order valence-corrected chi connectivity index (χ1v) is 16.3. The van der Waals surface area contributed by atoms with Crippen LogP contribution in [0.15, 0.2) is 87.8 Å². The third kappa shape index (κ3) is 7.08. The van der Waals surface area contributed by atoms with Crippen molar-refractivity contribution in [2.24, 2.45) is 4.99 Å². The lowest BCUT2D eigenvalue weighted by Gasteiger charge is -2.26. The van der Waals surface area contributed by atoms with Gasteiger partial charge in [-0.05, 0) is 71.9 Å². The first-order valence-electron chi connectivity index (χ1n) is 15.1. The minimum absolute atomic E-state index is 0.226. The average molecular weight is 645 g/mol. The summed E-state index contributed by atoms with van der Waals surface area (Å²) in [5, 5.41) is 0.667. The number of halogens is 1. The maximum Gasteiger partial charge on any atom is 0.338 e. The van der Waals surface area contributed by atoms with Crippen molar-refractivity contribution >= 4 is 35.0 Å². The Kier molecular flexibility index (Phi) is 10.3. The summed E-state index contributed by atoms with van der Waals surface area (Å²) >= 11 is 7.30. The van der Waals surface area contributed by atoms with Crippen LogP contribution in [0.5, 0.6) is 11.5 Å². The van der Waals surface area contributed by atoms with Gasteiger partial charge in [0.2, 0.25) is 0 Å². The Hall–Kier alpha value is -4.14. The van der Waals surface area contributed by atoms with Crippen LogP contribution in [0.2, 0.25) is 5.02 Å². The Morgan fingerprint density at radius 1 is 1.04 bits per heavy atom. The molecule has 0 radical (unpaired) electrons. The molecule has 1 aliphatic heterocycles. The largest absolute Gasteiger partial charge is 0.493 e. The number of aromatic nitrogens is 1. The number of rotatable bonds is 11. The zero-order valence-corrected chi connectivity index (χ0v) is 27.7. The van der Waals surface area contributed by atoms with Gasteiger partial charge in [-0.2, -0.15) is 0 Å². The molecule has 3 aromatic carbocycles. The Balaban J connectivity index is 1.57. The van der Waals surface area contributed by atoms with Gasteiger partial charge in [-0.3, -0.25) is 9.36 Å². The molecule has 0 spiro atoms. The number of carbonyl (C=O) groups is 1. The molecule has 1 aromatic heterocycles. The number of benzene rings is 3. The molecule has 4 aromatic rings. The fourth-order valence-corrected chi connectivity index (χ4v) is 6.43. The molecule has 0 N–H and O–H groups in total. The van der Waals surface area contributed by atoms with E-state index >= 15 is 0 Å². The third-order valence-electron chi connectivity index (χ3n) is 7.60. The van der Waals surface area contributed by atoms with Crippen molar-refractivity contribution in [2.75, 3.05) is 13.7 Å². The van der Waals surface area contributed by atoms with Gasteiger partial charge in [0.05, 0.1) is 35.6 Å². The van der Waals surface area contributed by atoms with Gasteiger partial charge in [0, 0.05) is 5.02 Å². The van der Waals surface area contributed by atoms with E-state index < -0.39 is 12.0 Å². The van der Waals surface area contributed by atoms with Gasteiger partial charge in [0.25, 0.3) is 5.56 Å². The lowest BCUT2D eigenvalue weighted by molar-refractivity contribution is -0.139. The number of esters is 1. The molecule has 234 valence electrons. The lowest BCUT2D eigenvalue weighted by atomic mass is 9.92. The highest BCUT2D eigenvalue weighted by Gasteiger charge is 2.34. The molecular formula is C36H37ClN2O5S. The first kappa shape index (κ1) is 32.3. The SMILES string of the molecule is CCCC1=C(C(=O)OCC)C(c2ccc(C(C)C)cc2)n2c(s/c(=C\c3ccc(OCc4ccc(Cl)cc4)c(OC)c3)c2=O)=N1. The van der Waals surface area contributed by atoms with Crippen LogP contribution < -0.4 is 24.4 Å². The molecule has 1 aliphatic rings. The Morgan fingerprint density at radius 2 is 1.78 bits per heavy atom. The number of ether oxygens (including phenoxy) is 3. The summed E-state index contributed by atoms with van der Waals surface area (Å²) in [4.78, 5) is 33.0. The highest BCUT2D eigenvalue weighted by Crippen LogP contribution is 2.33. The van der Waals surface area contributed by atoms with Crippen LogP contribution in [0.3, 0.4) is 0 Å². The number of nitrogens with zero attached hydrogens (tertiary/aromatic N) is 2. The van der Waals surface area contributed by atoms with Crippen molar-refractivity contribution < 1.29 is 19.0 Å². The second-order valence-corrected chi connectivity index (χ2v) is 12.5. The molecule has 0 amide bonds. The number of methoxy groups -OCH3 is 1. The van der Waals surface area contributed by atoms with E-state index in [-0.39, 0.29) is 12.2 Å². The van der Waals surface area contributed by atoms with E-state index in [0.29, 0.717) is 56.1 Å². The highest BCUT2D eigenvalue weighted by molar-refractivity contribution is 7.07. The van der Waals surface area contributed by atoms with Crippen LogP contribution in [-0.4, -0.2) is 24.3 Å². The van der Waals surface area contributed by atoms with Crippen molar-refractivity contribution in [3.05, 3.63) is 125 Å². The number of fused-ring (bicyclic) bond motifs is 1. The Labute approximate surface area is 272 Å². The Bertz CT molecular complexity index is 1890. The second-order valence-electron chi connectivity index (χ2n) is 11.1. The third-order valence-corrected chi connectivity index (χ3v) is 8.84. The van der Waals surface area contributed by atoms with E-state index in [1.807, 2.05) is 67.6 Å². The molecule has 1 unspecified atom stereocenters. The number of hydrogen-bond donors (Lipinski definition) is 0. The number of thiazole rings is 1. The molecule has 2 heterocycles. The summed E-state index contributed by atoms with van der Waals surface area (Å²) in [6, 6.07) is 20.5. The smallest absolute Gasteiger partial charge is 0.338 e. The van der Waals surface area contributed by atoms with E-state index in [1.165, 1.54) is 16.9 Å². The highest BCUT2D eigenvalue weighted by atomic mass is 35.5. The molecule has 9 heteroatoms. The number of allylic oxidation sites excluding steroid dienone is 1. The normalized spacial score (nSPS) is 14.7. The zero-order valence-electron chi connectivity index (χ0n) is 26.1. The van der Waals surface area contributed by atoms with Crippen LogP contribution in [0.25, 0.3) is 6.08 Å². The monoisotopic (exact) mass is 644 g/mol. The van der Waals surface area contributed by atoms with Crippen LogP contribution >= 0.6 is 22.9 Å². The van der Waals surface area contributed by atoms with Gasteiger partial charge in [-0.1, -0.05) is 92.6 Å². The summed E-state index contributed by atoms with van der Waals surface area (Å²) in [6.45, 7) is 8.67. The number of hydrogen-bond acceptors (Lipinski definition) is 7. The van der Waals surface area contributed by atoms with Crippen molar-refractivity contribution in [2.45, 2.75) is 59.1 Å². The van der Waals surface area contributed by atoms with Crippen LogP contribution in [-0.2, 0) is 16.1 Å². The lowest BCUT2D eigenvalue weighted by Crippen LogP contribution is -2.40. The topological polar surface area (TPSA) is 79.1 Å². The molecule has 0 bridgehead atoms. The minimum atomic E-state index is -0.650. The standard InChI is InChI=1S/C36H37ClN2O5S/c1-6-8-28-32(35(41)43-7-2)33(26-14-12-25(13-15-26)22(3)4)39-34(40)31(45-36(39)38-28)20-24-11-18-29(30(19-24)42-5)44-21-23-9-16-27(37)17-10-23/h9-20,22,33H,6-8,21H2,1-5H3/b31-20-. The number of carbonyl (C=O) groups excluding carboxylic acids is 1. The fraction of sp³-hybridized carbons (Fsp3) is 0.306. The van der Waals surface area contributed by atoms with E-state index in [0.717, 1.165) is 23.1 Å². The average Bonchev–Trinajstić information content (AvgIpc) is 3.34. The minimum Gasteiger partial charge on any atom is -0.493 e. The quantitative estimate of drug-likeness (QED) is 0.165. The molecule has 0 fully saturated rings. The van der Waals surface area contributed by atoms with Crippen molar-refractivity contribution in [1.29, 1.82) is 0 Å². The summed E-state index contributed by atoms with van der Waals surface area (Å²) in [5.41, 5.74) is 4.61. The summed E-state index contributed by atoms with van der Waals surface area (Å²) in [6.07, 6.45) is 3.21. The maximum atomic E-state index is 14.1. The maximum absolute atomic E-state index is 14.1. The second kappa shape index (κ2) is 14.3. The van der Waals surface area contributed by atoms with Crippen LogP contribution in [0.4, 0.5) is 0 Å². The summed E-state index contributed by atoms with van der Waals surface area (Å²) in [5.74, 6) is 1.03. The van der Waals surface area contributed by atoms with E-state index in [4.69, 9.17) is 30.8 Å². The van der Waals surface area contributed by atoms with Crippen LogP contribution in [0.1, 0.15) is 74.8 Å². The van der Waals surface area contributed by atoms with Gasteiger partial charge in [-0.15, -0.1) is 0 Å². The molecule has 0 saturated carbocycles. The molecule has 5 rings (SSSR count). The summed E-state index contributed by atoms with van der Waals surface area (Å²) in [7, 11) is 1.58. The van der Waals surface area contributed by atoms with Crippen molar-refractivity contribution in [1.82, 2.24) is 4.57 Å². The summed E-state index contributed by atoms with van der Waals surface area (Å²) < 4.78 is 19.3. The molecule has 1 atom stereocenters. The van der Waals surface area contributed by atoms with E-state index in [9.17, 15) is 9.59 Å². The van der Waals surface area contributed by atoms with Gasteiger partial charge in [-0.25, -0.2) is 9.79 Å². The van der Waals surface area contributed by atoms with Gasteiger partial charge in [0.1, 0.15) is 6.61 Å². The molecule has 0 aliphatic carbocycles. The molecule has 7 nitrogen and oxygen atoms in total. The van der Waals surface area contributed by atoms with Crippen molar-refractivity contribution in [3.8, 4) is 11.5 Å². The fourth-order valence-electron chi connectivity index (χ4n) is 5.29. The zero-order chi connectivity index (χ0) is 32.1.